The average molecular weight is 315 g/mol. The third-order valence-electron chi connectivity index (χ3n) is 3.62. The number of aromatic amines is 1. The highest BCUT2D eigenvalue weighted by Crippen LogP contribution is 2.23. The molecule has 0 radical (unpaired) electrons. The summed E-state index contributed by atoms with van der Waals surface area (Å²) >= 11 is 1.27. The Hall–Kier alpha value is -2.08. The number of benzene rings is 1. The minimum atomic E-state index is -0.345. The molecule has 0 saturated heterocycles. The monoisotopic (exact) mass is 315 g/mol. The van der Waals surface area contributed by atoms with Crippen LogP contribution in [0.4, 0.5) is 5.69 Å². The Morgan fingerprint density at radius 2 is 2.09 bits per heavy atom. The van der Waals surface area contributed by atoms with Crippen LogP contribution in [0.3, 0.4) is 0 Å². The molecule has 0 fully saturated rings. The maximum absolute atomic E-state index is 12.2. The molecule has 3 rings (SSSR count). The van der Waals surface area contributed by atoms with E-state index in [4.69, 9.17) is 0 Å². The van der Waals surface area contributed by atoms with Crippen LogP contribution >= 0.6 is 11.8 Å². The van der Waals surface area contributed by atoms with Crippen LogP contribution in [0.1, 0.15) is 24.6 Å². The van der Waals surface area contributed by atoms with E-state index < -0.39 is 0 Å². The summed E-state index contributed by atoms with van der Waals surface area (Å²) in [5, 5.41) is 3.02. The smallest absolute Gasteiger partial charge is 0.254 e. The van der Waals surface area contributed by atoms with Crippen LogP contribution in [0.15, 0.2) is 40.3 Å². The van der Waals surface area contributed by atoms with Crippen LogP contribution in [-0.2, 0) is 17.6 Å². The number of nitrogens with zero attached hydrogens (tertiary/aromatic N) is 1. The zero-order valence-electron chi connectivity index (χ0n) is 12.3. The predicted octanol–water partition coefficient (Wildman–Crippen LogP) is 2.38. The summed E-state index contributed by atoms with van der Waals surface area (Å²) in [6.07, 6.45) is 2.62. The van der Waals surface area contributed by atoms with Crippen molar-refractivity contribution in [1.82, 2.24) is 9.97 Å². The number of nitrogens with one attached hydrogen (secondary N) is 2. The molecule has 0 aliphatic heterocycles. The quantitative estimate of drug-likeness (QED) is 0.671. The Morgan fingerprint density at radius 1 is 1.32 bits per heavy atom. The molecule has 6 heteroatoms. The molecule has 22 heavy (non-hydrogen) atoms. The molecule has 0 spiro atoms. The van der Waals surface area contributed by atoms with E-state index in [-0.39, 0.29) is 16.7 Å². The number of carbonyl (C=O) groups excluding carboxylic acids is 1. The predicted molar refractivity (Wildman–Crippen MR) is 87.3 cm³/mol. The summed E-state index contributed by atoms with van der Waals surface area (Å²) in [6, 6.07) is 9.31. The van der Waals surface area contributed by atoms with Gasteiger partial charge in [0.15, 0.2) is 5.16 Å². The first-order valence-corrected chi connectivity index (χ1v) is 8.16. The van der Waals surface area contributed by atoms with E-state index in [0.29, 0.717) is 5.16 Å². The lowest BCUT2D eigenvalue weighted by atomic mass is 10.3. The van der Waals surface area contributed by atoms with Crippen molar-refractivity contribution in [2.24, 2.45) is 0 Å². The number of amides is 1. The van der Waals surface area contributed by atoms with E-state index in [9.17, 15) is 9.59 Å². The van der Waals surface area contributed by atoms with E-state index in [1.807, 2.05) is 30.3 Å². The van der Waals surface area contributed by atoms with E-state index >= 15 is 0 Å². The summed E-state index contributed by atoms with van der Waals surface area (Å²) in [5.41, 5.74) is 2.36. The molecule has 1 aliphatic rings. The molecule has 1 aliphatic carbocycles. The van der Waals surface area contributed by atoms with Gasteiger partial charge in [-0.15, -0.1) is 0 Å². The van der Waals surface area contributed by atoms with E-state index in [1.165, 1.54) is 11.8 Å². The molecule has 0 unspecified atom stereocenters. The molecule has 1 atom stereocenters. The molecule has 114 valence electrons. The molecule has 1 amide bonds. The fraction of sp³-hybridized carbons (Fsp3) is 0.312. The van der Waals surface area contributed by atoms with Gasteiger partial charge >= 0.3 is 0 Å². The number of para-hydroxylation sites is 1. The maximum atomic E-state index is 12.2. The van der Waals surface area contributed by atoms with Crippen molar-refractivity contribution in [3.05, 3.63) is 51.9 Å². The van der Waals surface area contributed by atoms with Gasteiger partial charge in [-0.05, 0) is 38.3 Å². The Labute approximate surface area is 132 Å². The van der Waals surface area contributed by atoms with Gasteiger partial charge in [-0.1, -0.05) is 30.0 Å². The van der Waals surface area contributed by atoms with Crippen LogP contribution in [0.25, 0.3) is 0 Å². The van der Waals surface area contributed by atoms with Gasteiger partial charge in [-0.25, -0.2) is 4.98 Å². The molecule has 0 bridgehead atoms. The zero-order valence-corrected chi connectivity index (χ0v) is 13.1. The lowest BCUT2D eigenvalue weighted by Gasteiger charge is -2.11. The van der Waals surface area contributed by atoms with Crippen LogP contribution in [0, 0.1) is 0 Å². The minimum Gasteiger partial charge on any atom is -0.325 e. The van der Waals surface area contributed by atoms with Crippen LogP contribution < -0.4 is 10.9 Å². The second kappa shape index (κ2) is 6.36. The van der Waals surface area contributed by atoms with Crippen LogP contribution in [0.2, 0.25) is 0 Å². The van der Waals surface area contributed by atoms with Gasteiger partial charge in [0.2, 0.25) is 5.91 Å². The van der Waals surface area contributed by atoms with Gasteiger partial charge in [-0.3, -0.25) is 9.59 Å². The molecule has 0 saturated carbocycles. The van der Waals surface area contributed by atoms with Crippen LogP contribution in [-0.4, -0.2) is 21.1 Å². The first-order chi connectivity index (χ1) is 10.6. The molecular formula is C16H17N3O2S. The Balaban J connectivity index is 1.69. The largest absolute Gasteiger partial charge is 0.325 e. The second-order valence-electron chi connectivity index (χ2n) is 5.27. The normalized spacial score (nSPS) is 14.4. The van der Waals surface area contributed by atoms with Crippen molar-refractivity contribution >= 4 is 23.4 Å². The molecule has 1 aromatic carbocycles. The molecule has 1 heterocycles. The number of aromatic nitrogens is 2. The van der Waals surface area contributed by atoms with Gasteiger partial charge in [0.1, 0.15) is 0 Å². The Kier molecular flexibility index (Phi) is 4.29. The Morgan fingerprint density at radius 3 is 2.86 bits per heavy atom. The highest BCUT2D eigenvalue weighted by Gasteiger charge is 2.20. The average Bonchev–Trinajstić information content (AvgIpc) is 2.97. The van der Waals surface area contributed by atoms with Gasteiger partial charge in [0.25, 0.3) is 5.56 Å². The van der Waals surface area contributed by atoms with Crippen molar-refractivity contribution in [3.63, 3.8) is 0 Å². The van der Waals surface area contributed by atoms with E-state index in [2.05, 4.69) is 15.3 Å². The van der Waals surface area contributed by atoms with Gasteiger partial charge in [0, 0.05) is 11.3 Å². The number of aryl methyl sites for hydroxylation is 1. The molecule has 5 nitrogen and oxygen atoms in total. The lowest BCUT2D eigenvalue weighted by molar-refractivity contribution is -0.115. The second-order valence-corrected chi connectivity index (χ2v) is 6.59. The molecule has 2 aromatic rings. The summed E-state index contributed by atoms with van der Waals surface area (Å²) in [6.45, 7) is 1.80. The van der Waals surface area contributed by atoms with E-state index in [0.717, 1.165) is 36.2 Å². The Bertz CT molecular complexity index is 743. The van der Waals surface area contributed by atoms with Gasteiger partial charge in [0.05, 0.1) is 10.9 Å². The fourth-order valence-electron chi connectivity index (χ4n) is 2.46. The number of anilines is 1. The topological polar surface area (TPSA) is 74.8 Å². The number of thioether (sulfide) groups is 1. The minimum absolute atomic E-state index is 0.0688. The van der Waals surface area contributed by atoms with Crippen molar-refractivity contribution in [3.8, 4) is 0 Å². The molecular weight excluding hydrogens is 298 g/mol. The molecule has 2 N–H and O–H groups in total. The summed E-state index contributed by atoms with van der Waals surface area (Å²) < 4.78 is 0. The van der Waals surface area contributed by atoms with Crippen molar-refractivity contribution in [2.45, 2.75) is 36.6 Å². The fourth-order valence-corrected chi connectivity index (χ4v) is 3.28. The van der Waals surface area contributed by atoms with Crippen molar-refractivity contribution < 1.29 is 4.79 Å². The third-order valence-corrected chi connectivity index (χ3v) is 4.60. The third kappa shape index (κ3) is 3.22. The standard InChI is InChI=1S/C16H17N3O2S/c1-10(14(20)17-11-6-3-2-4-7-11)22-16-18-13-9-5-8-12(13)15(21)19-16/h2-4,6-7,10H,5,8-9H2,1H3,(H,17,20)(H,18,19,21)/t10-/m1/s1. The summed E-state index contributed by atoms with van der Waals surface area (Å²) in [5.74, 6) is -0.112. The number of H-pyrrole nitrogens is 1. The SMILES string of the molecule is C[C@@H](Sc1nc2c(c(=O)[nH]1)CCC2)C(=O)Nc1ccccc1. The first-order valence-electron chi connectivity index (χ1n) is 7.28. The summed E-state index contributed by atoms with van der Waals surface area (Å²) in [7, 11) is 0. The number of carbonyl (C=O) groups is 1. The van der Waals surface area contributed by atoms with Crippen LogP contribution in [0.5, 0.6) is 0 Å². The van der Waals surface area contributed by atoms with Gasteiger partial charge < -0.3 is 10.3 Å². The number of fused-ring (bicyclic) bond motifs is 1. The highest BCUT2D eigenvalue weighted by atomic mass is 32.2. The summed E-state index contributed by atoms with van der Waals surface area (Å²) in [4.78, 5) is 31.4. The first kappa shape index (κ1) is 14.8. The number of hydrogen-bond donors (Lipinski definition) is 2. The lowest BCUT2D eigenvalue weighted by Crippen LogP contribution is -2.23. The maximum Gasteiger partial charge on any atom is 0.254 e. The molecule has 1 aromatic heterocycles. The van der Waals surface area contributed by atoms with Crippen molar-refractivity contribution in [1.29, 1.82) is 0 Å². The number of rotatable bonds is 4. The van der Waals surface area contributed by atoms with E-state index in [1.54, 1.807) is 6.92 Å². The van der Waals surface area contributed by atoms with Crippen molar-refractivity contribution in [2.75, 3.05) is 5.32 Å². The zero-order chi connectivity index (χ0) is 15.5. The van der Waals surface area contributed by atoms with Gasteiger partial charge in [-0.2, -0.15) is 0 Å². The number of hydrogen-bond acceptors (Lipinski definition) is 4. The highest BCUT2D eigenvalue weighted by molar-refractivity contribution is 8.00.